The zero-order valence-electron chi connectivity index (χ0n) is 16.0. The Labute approximate surface area is 191 Å². The highest BCUT2D eigenvalue weighted by Crippen LogP contribution is 2.27. The van der Waals surface area contributed by atoms with Crippen molar-refractivity contribution in [2.45, 2.75) is 0 Å². The molecule has 3 aromatic rings. The number of benzene rings is 2. The first-order valence-electron chi connectivity index (χ1n) is 8.93. The number of nitrogens with zero attached hydrogens (tertiary/aromatic N) is 1. The summed E-state index contributed by atoms with van der Waals surface area (Å²) in [4.78, 5) is 23.6. The third kappa shape index (κ3) is 7.44. The molecule has 0 aliphatic heterocycles. The molecule has 0 atom stereocenters. The van der Waals surface area contributed by atoms with E-state index in [1.54, 1.807) is 54.6 Å². The number of carbonyl (C=O) groups is 2. The van der Waals surface area contributed by atoms with E-state index in [0.29, 0.717) is 32.3 Å². The third-order valence-corrected chi connectivity index (χ3v) is 4.54. The summed E-state index contributed by atoms with van der Waals surface area (Å²) in [6, 6.07) is 15.0. The second-order valence-corrected chi connectivity index (χ2v) is 7.29. The van der Waals surface area contributed by atoms with Gasteiger partial charge in [0.2, 0.25) is 0 Å². The van der Waals surface area contributed by atoms with Gasteiger partial charge in [-0.15, -0.1) is 0 Å². The van der Waals surface area contributed by atoms with E-state index in [1.165, 1.54) is 24.6 Å². The lowest BCUT2D eigenvalue weighted by atomic mass is 10.2. The van der Waals surface area contributed by atoms with Gasteiger partial charge in [0.05, 0.1) is 17.0 Å². The van der Waals surface area contributed by atoms with Crippen molar-refractivity contribution in [1.82, 2.24) is 5.43 Å². The molecule has 0 unspecified atom stereocenters. The van der Waals surface area contributed by atoms with Gasteiger partial charge in [-0.2, -0.15) is 5.10 Å². The van der Waals surface area contributed by atoms with E-state index in [-0.39, 0.29) is 6.61 Å². The predicted octanol–water partition coefficient (Wildman–Crippen LogP) is 4.84. The number of hydrogen-bond donors (Lipinski definition) is 1. The van der Waals surface area contributed by atoms with Gasteiger partial charge < -0.3 is 13.9 Å². The van der Waals surface area contributed by atoms with Gasteiger partial charge in [0.15, 0.2) is 6.61 Å². The fraction of sp³-hybridized carbons (Fsp3) is 0.0455. The van der Waals surface area contributed by atoms with Gasteiger partial charge >= 0.3 is 5.97 Å². The summed E-state index contributed by atoms with van der Waals surface area (Å²) in [5.41, 5.74) is 3.07. The van der Waals surface area contributed by atoms with Crippen LogP contribution in [0.1, 0.15) is 11.3 Å². The van der Waals surface area contributed by atoms with Crippen LogP contribution in [0.2, 0.25) is 5.02 Å². The van der Waals surface area contributed by atoms with Gasteiger partial charge in [0.1, 0.15) is 17.3 Å². The van der Waals surface area contributed by atoms with Crippen LogP contribution in [0, 0.1) is 0 Å². The minimum absolute atomic E-state index is 0.210. The molecule has 0 aliphatic rings. The lowest BCUT2D eigenvalue weighted by Gasteiger charge is -2.07. The van der Waals surface area contributed by atoms with Gasteiger partial charge in [-0.1, -0.05) is 11.6 Å². The number of hydrogen-bond acceptors (Lipinski definition) is 6. The van der Waals surface area contributed by atoms with Crippen molar-refractivity contribution in [2.75, 3.05) is 6.61 Å². The topological polar surface area (TPSA) is 90.1 Å². The van der Waals surface area contributed by atoms with Crippen molar-refractivity contribution in [3.8, 4) is 11.5 Å². The van der Waals surface area contributed by atoms with Crippen molar-refractivity contribution < 1.29 is 23.5 Å². The molecule has 0 saturated heterocycles. The molecular weight excluding hydrogens is 488 g/mol. The maximum absolute atomic E-state index is 11.8. The molecule has 31 heavy (non-hydrogen) atoms. The standard InChI is InChI=1S/C22H16BrClN2O5/c23-19-12-16(24)5-9-20(19)30-14-21(27)26-25-13-15-3-6-18(7-4-15)31-22(28)10-8-17-2-1-11-29-17/h1-13H,14H2,(H,26,27)/b10-8+,25-13+. The predicted molar refractivity (Wildman–Crippen MR) is 120 cm³/mol. The Morgan fingerprint density at radius 1 is 1.16 bits per heavy atom. The summed E-state index contributed by atoms with van der Waals surface area (Å²) in [5.74, 6) is 0.464. The molecule has 1 heterocycles. The Balaban J connectivity index is 1.43. The van der Waals surface area contributed by atoms with E-state index in [4.69, 9.17) is 25.5 Å². The molecule has 1 amide bonds. The van der Waals surface area contributed by atoms with Crippen LogP contribution in [0.3, 0.4) is 0 Å². The third-order valence-electron chi connectivity index (χ3n) is 3.68. The Morgan fingerprint density at radius 3 is 2.68 bits per heavy atom. The van der Waals surface area contributed by atoms with Gasteiger partial charge in [0, 0.05) is 11.1 Å². The number of rotatable bonds is 8. The molecule has 0 bridgehead atoms. The maximum atomic E-state index is 11.8. The lowest BCUT2D eigenvalue weighted by Crippen LogP contribution is -2.24. The highest BCUT2D eigenvalue weighted by atomic mass is 79.9. The SMILES string of the molecule is O=C(COc1ccc(Cl)cc1Br)N/N=C/c1ccc(OC(=O)/C=C/c2ccco2)cc1. The summed E-state index contributed by atoms with van der Waals surface area (Å²) in [7, 11) is 0. The van der Waals surface area contributed by atoms with E-state index in [0.717, 1.165) is 0 Å². The zero-order chi connectivity index (χ0) is 22.1. The fourth-order valence-electron chi connectivity index (χ4n) is 2.26. The zero-order valence-corrected chi connectivity index (χ0v) is 18.3. The van der Waals surface area contributed by atoms with Crippen molar-refractivity contribution in [3.63, 3.8) is 0 Å². The van der Waals surface area contributed by atoms with E-state index >= 15 is 0 Å². The molecule has 1 aromatic heterocycles. The Morgan fingerprint density at radius 2 is 1.97 bits per heavy atom. The molecular formula is C22H16BrClN2O5. The molecule has 2 aromatic carbocycles. The molecule has 0 radical (unpaired) electrons. The first-order valence-corrected chi connectivity index (χ1v) is 10.1. The first-order chi connectivity index (χ1) is 15.0. The molecule has 7 nitrogen and oxygen atoms in total. The number of halogens is 2. The molecule has 9 heteroatoms. The summed E-state index contributed by atoms with van der Waals surface area (Å²) >= 11 is 9.17. The summed E-state index contributed by atoms with van der Waals surface area (Å²) in [5, 5.41) is 4.43. The Kier molecular flexibility index (Phi) is 8.03. The van der Waals surface area contributed by atoms with Crippen molar-refractivity contribution in [3.05, 3.63) is 87.8 Å². The summed E-state index contributed by atoms with van der Waals surface area (Å²) < 4.78 is 16.3. The van der Waals surface area contributed by atoms with Crippen LogP contribution < -0.4 is 14.9 Å². The van der Waals surface area contributed by atoms with Crippen LogP contribution in [0.15, 0.2) is 80.9 Å². The Hall–Kier alpha value is -3.36. The number of hydrazone groups is 1. The molecule has 0 fully saturated rings. The monoisotopic (exact) mass is 502 g/mol. The average Bonchev–Trinajstić information content (AvgIpc) is 3.27. The first kappa shape index (κ1) is 22.3. The van der Waals surface area contributed by atoms with Crippen LogP contribution in [0.5, 0.6) is 11.5 Å². The Bertz CT molecular complexity index is 1100. The number of carbonyl (C=O) groups excluding carboxylic acids is 2. The molecule has 0 saturated carbocycles. The van der Waals surface area contributed by atoms with E-state index in [2.05, 4.69) is 26.5 Å². The number of ether oxygens (including phenoxy) is 2. The van der Waals surface area contributed by atoms with E-state index in [1.807, 2.05) is 0 Å². The highest BCUT2D eigenvalue weighted by molar-refractivity contribution is 9.10. The van der Waals surface area contributed by atoms with Crippen molar-refractivity contribution >= 4 is 51.7 Å². The number of amides is 1. The summed E-state index contributed by atoms with van der Waals surface area (Å²) in [6.07, 6.45) is 5.76. The number of esters is 1. The smallest absolute Gasteiger partial charge is 0.336 e. The second-order valence-electron chi connectivity index (χ2n) is 6.00. The minimum atomic E-state index is -0.530. The van der Waals surface area contributed by atoms with Gasteiger partial charge in [-0.25, -0.2) is 10.2 Å². The minimum Gasteiger partial charge on any atom is -0.483 e. The van der Waals surface area contributed by atoms with Crippen LogP contribution in [-0.4, -0.2) is 24.7 Å². The largest absolute Gasteiger partial charge is 0.483 e. The van der Waals surface area contributed by atoms with Crippen LogP contribution >= 0.6 is 27.5 Å². The maximum Gasteiger partial charge on any atom is 0.336 e. The van der Waals surface area contributed by atoms with E-state index < -0.39 is 11.9 Å². The second kappa shape index (κ2) is 11.1. The van der Waals surface area contributed by atoms with Crippen molar-refractivity contribution in [2.24, 2.45) is 5.10 Å². The highest BCUT2D eigenvalue weighted by Gasteiger charge is 2.06. The fourth-order valence-corrected chi connectivity index (χ4v) is 3.05. The molecule has 3 rings (SSSR count). The van der Waals surface area contributed by atoms with Crippen LogP contribution in [0.4, 0.5) is 0 Å². The van der Waals surface area contributed by atoms with Gasteiger partial charge in [-0.3, -0.25) is 4.79 Å². The van der Waals surface area contributed by atoms with Crippen molar-refractivity contribution in [1.29, 1.82) is 0 Å². The lowest BCUT2D eigenvalue weighted by molar-refractivity contribution is -0.129. The average molecular weight is 504 g/mol. The van der Waals surface area contributed by atoms with E-state index in [9.17, 15) is 9.59 Å². The molecule has 1 N–H and O–H groups in total. The normalized spacial score (nSPS) is 11.0. The molecule has 0 spiro atoms. The molecule has 158 valence electrons. The van der Waals surface area contributed by atoms with Crippen LogP contribution in [0.25, 0.3) is 6.08 Å². The molecule has 0 aliphatic carbocycles. The summed E-state index contributed by atoms with van der Waals surface area (Å²) in [6.45, 7) is -0.210. The number of furan rings is 1. The van der Waals surface area contributed by atoms with Gasteiger partial charge in [0.25, 0.3) is 5.91 Å². The quantitative estimate of drug-likeness (QED) is 0.156. The van der Waals surface area contributed by atoms with Gasteiger partial charge in [-0.05, 0) is 82.2 Å². The number of nitrogens with one attached hydrogen (secondary N) is 1. The van der Waals surface area contributed by atoms with Crippen LogP contribution in [-0.2, 0) is 9.59 Å².